The SMILES string of the molecule is CC1CCCCC1OCCNc1ncnc2c1cnn2C. The summed E-state index contributed by atoms with van der Waals surface area (Å²) in [6.45, 7) is 3.76. The first-order chi connectivity index (χ1) is 10.3. The van der Waals surface area contributed by atoms with Crippen LogP contribution >= 0.6 is 0 Å². The van der Waals surface area contributed by atoms with Crippen molar-refractivity contribution in [3.05, 3.63) is 12.5 Å². The Labute approximate surface area is 124 Å². The van der Waals surface area contributed by atoms with Gasteiger partial charge < -0.3 is 10.1 Å². The summed E-state index contributed by atoms with van der Waals surface area (Å²) >= 11 is 0. The van der Waals surface area contributed by atoms with Gasteiger partial charge in [0, 0.05) is 13.6 Å². The quantitative estimate of drug-likeness (QED) is 0.856. The van der Waals surface area contributed by atoms with E-state index in [0.29, 0.717) is 18.6 Å². The molecule has 0 spiro atoms. The molecule has 1 aliphatic rings. The van der Waals surface area contributed by atoms with E-state index in [-0.39, 0.29) is 0 Å². The lowest BCUT2D eigenvalue weighted by molar-refractivity contribution is 0.000380. The second kappa shape index (κ2) is 6.39. The van der Waals surface area contributed by atoms with Gasteiger partial charge in [-0.05, 0) is 18.8 Å². The van der Waals surface area contributed by atoms with Crippen molar-refractivity contribution in [1.29, 1.82) is 0 Å². The first-order valence-corrected chi connectivity index (χ1v) is 7.74. The van der Waals surface area contributed by atoms with Crippen molar-refractivity contribution in [2.24, 2.45) is 13.0 Å². The Bertz CT molecular complexity index is 597. The van der Waals surface area contributed by atoms with Crippen LogP contribution in [0.2, 0.25) is 0 Å². The Hall–Kier alpha value is -1.69. The van der Waals surface area contributed by atoms with Crippen molar-refractivity contribution in [3.8, 4) is 0 Å². The van der Waals surface area contributed by atoms with Gasteiger partial charge in [-0.25, -0.2) is 9.97 Å². The number of fused-ring (bicyclic) bond motifs is 1. The molecule has 1 N–H and O–H groups in total. The van der Waals surface area contributed by atoms with Crippen LogP contribution in [0.25, 0.3) is 11.0 Å². The summed E-state index contributed by atoms with van der Waals surface area (Å²) in [6.07, 6.45) is 8.91. The van der Waals surface area contributed by atoms with Gasteiger partial charge in [-0.15, -0.1) is 0 Å². The summed E-state index contributed by atoms with van der Waals surface area (Å²) in [6, 6.07) is 0. The van der Waals surface area contributed by atoms with Crippen LogP contribution in [0.3, 0.4) is 0 Å². The molecule has 1 fully saturated rings. The number of rotatable bonds is 5. The maximum Gasteiger partial charge on any atom is 0.163 e. The molecular weight excluding hydrogens is 266 g/mol. The van der Waals surface area contributed by atoms with Crippen LogP contribution in [0.4, 0.5) is 5.82 Å². The van der Waals surface area contributed by atoms with E-state index < -0.39 is 0 Å². The second-order valence-corrected chi connectivity index (χ2v) is 5.83. The highest BCUT2D eigenvalue weighted by Crippen LogP contribution is 2.26. The average Bonchev–Trinajstić information content (AvgIpc) is 2.88. The number of aryl methyl sites for hydroxylation is 1. The molecule has 0 saturated heterocycles. The van der Waals surface area contributed by atoms with Crippen molar-refractivity contribution in [3.63, 3.8) is 0 Å². The van der Waals surface area contributed by atoms with Crippen LogP contribution in [0.5, 0.6) is 0 Å². The number of ether oxygens (including phenoxy) is 1. The molecule has 0 bridgehead atoms. The molecule has 21 heavy (non-hydrogen) atoms. The minimum Gasteiger partial charge on any atom is -0.376 e. The molecule has 1 saturated carbocycles. The molecule has 2 unspecified atom stereocenters. The first-order valence-electron chi connectivity index (χ1n) is 7.74. The van der Waals surface area contributed by atoms with Gasteiger partial charge in [-0.2, -0.15) is 5.10 Å². The molecule has 1 aliphatic carbocycles. The zero-order valence-corrected chi connectivity index (χ0v) is 12.7. The van der Waals surface area contributed by atoms with E-state index in [4.69, 9.17) is 4.74 Å². The van der Waals surface area contributed by atoms with Crippen molar-refractivity contribution in [2.75, 3.05) is 18.5 Å². The van der Waals surface area contributed by atoms with Gasteiger partial charge in [0.1, 0.15) is 12.1 Å². The fourth-order valence-corrected chi connectivity index (χ4v) is 3.01. The molecule has 3 rings (SSSR count). The number of anilines is 1. The van der Waals surface area contributed by atoms with E-state index >= 15 is 0 Å². The monoisotopic (exact) mass is 289 g/mol. The highest BCUT2D eigenvalue weighted by atomic mass is 16.5. The van der Waals surface area contributed by atoms with E-state index in [9.17, 15) is 0 Å². The molecule has 6 heteroatoms. The predicted molar refractivity (Wildman–Crippen MR) is 82.2 cm³/mol. The molecule has 2 aromatic heterocycles. The van der Waals surface area contributed by atoms with Crippen LogP contribution in [-0.2, 0) is 11.8 Å². The van der Waals surface area contributed by atoms with Crippen LogP contribution in [0, 0.1) is 5.92 Å². The van der Waals surface area contributed by atoms with Gasteiger partial charge in [0.15, 0.2) is 5.65 Å². The van der Waals surface area contributed by atoms with Gasteiger partial charge in [0.05, 0.1) is 24.3 Å². The zero-order valence-electron chi connectivity index (χ0n) is 12.7. The molecule has 6 nitrogen and oxygen atoms in total. The minimum atomic E-state index is 0.421. The third kappa shape index (κ3) is 3.15. The van der Waals surface area contributed by atoms with Gasteiger partial charge >= 0.3 is 0 Å². The molecular formula is C15H23N5O. The maximum atomic E-state index is 6.01. The minimum absolute atomic E-state index is 0.421. The molecule has 0 amide bonds. The highest BCUT2D eigenvalue weighted by molar-refractivity contribution is 5.85. The van der Waals surface area contributed by atoms with Gasteiger partial charge in [-0.1, -0.05) is 19.8 Å². The van der Waals surface area contributed by atoms with Gasteiger partial charge in [-0.3, -0.25) is 4.68 Å². The average molecular weight is 289 g/mol. The standard InChI is InChI=1S/C15H23N5O/c1-11-5-3-4-6-13(11)21-8-7-16-14-12-9-19-20(2)15(12)18-10-17-14/h9-11,13H,3-8H2,1-2H3,(H,16,17,18). The summed E-state index contributed by atoms with van der Waals surface area (Å²) < 4.78 is 7.76. The number of hydrogen-bond acceptors (Lipinski definition) is 5. The van der Waals surface area contributed by atoms with E-state index in [1.54, 1.807) is 17.2 Å². The van der Waals surface area contributed by atoms with E-state index in [1.807, 2.05) is 7.05 Å². The fourth-order valence-electron chi connectivity index (χ4n) is 3.01. The summed E-state index contributed by atoms with van der Waals surface area (Å²) in [5.74, 6) is 1.51. The lowest BCUT2D eigenvalue weighted by Crippen LogP contribution is -2.27. The van der Waals surface area contributed by atoms with Crippen molar-refractivity contribution in [1.82, 2.24) is 19.7 Å². The lowest BCUT2D eigenvalue weighted by atomic mass is 9.88. The van der Waals surface area contributed by atoms with Gasteiger partial charge in [0.2, 0.25) is 0 Å². The molecule has 2 aromatic rings. The number of hydrogen-bond donors (Lipinski definition) is 1. The summed E-state index contributed by atoms with van der Waals surface area (Å²) in [7, 11) is 1.88. The number of nitrogens with one attached hydrogen (secondary N) is 1. The number of nitrogens with zero attached hydrogens (tertiary/aromatic N) is 4. The Morgan fingerprint density at radius 3 is 3.05 bits per heavy atom. The highest BCUT2D eigenvalue weighted by Gasteiger charge is 2.21. The van der Waals surface area contributed by atoms with Gasteiger partial charge in [0.25, 0.3) is 0 Å². The van der Waals surface area contributed by atoms with Crippen LogP contribution < -0.4 is 5.32 Å². The Kier molecular flexibility index (Phi) is 4.34. The normalized spacial score (nSPS) is 22.6. The predicted octanol–water partition coefficient (Wildman–Crippen LogP) is 2.37. The molecule has 2 atom stereocenters. The summed E-state index contributed by atoms with van der Waals surface area (Å²) in [5, 5.41) is 8.49. The third-order valence-electron chi connectivity index (χ3n) is 4.29. The zero-order chi connectivity index (χ0) is 14.7. The fraction of sp³-hybridized carbons (Fsp3) is 0.667. The van der Waals surface area contributed by atoms with E-state index in [1.165, 1.54) is 25.7 Å². The molecule has 0 radical (unpaired) electrons. The van der Waals surface area contributed by atoms with Crippen molar-refractivity contribution in [2.45, 2.75) is 38.7 Å². The lowest BCUT2D eigenvalue weighted by Gasteiger charge is -2.28. The largest absolute Gasteiger partial charge is 0.376 e. The summed E-state index contributed by atoms with van der Waals surface area (Å²) in [5.41, 5.74) is 0.842. The van der Waals surface area contributed by atoms with E-state index in [0.717, 1.165) is 23.4 Å². The van der Waals surface area contributed by atoms with Crippen LogP contribution in [-0.4, -0.2) is 39.0 Å². The first kappa shape index (κ1) is 14.3. The van der Waals surface area contributed by atoms with Crippen LogP contribution in [0.15, 0.2) is 12.5 Å². The van der Waals surface area contributed by atoms with Crippen LogP contribution in [0.1, 0.15) is 32.6 Å². The molecule has 2 heterocycles. The Balaban J connectivity index is 1.52. The number of aromatic nitrogens is 4. The Morgan fingerprint density at radius 1 is 1.33 bits per heavy atom. The molecule has 0 aliphatic heterocycles. The topological polar surface area (TPSA) is 64.9 Å². The molecule has 0 aromatic carbocycles. The van der Waals surface area contributed by atoms with Crippen molar-refractivity contribution >= 4 is 16.9 Å². The summed E-state index contributed by atoms with van der Waals surface area (Å²) in [4.78, 5) is 8.52. The molecule has 114 valence electrons. The maximum absolute atomic E-state index is 6.01. The Morgan fingerprint density at radius 2 is 2.19 bits per heavy atom. The van der Waals surface area contributed by atoms with E-state index in [2.05, 4.69) is 27.3 Å². The smallest absolute Gasteiger partial charge is 0.163 e. The van der Waals surface area contributed by atoms with Crippen molar-refractivity contribution < 1.29 is 4.74 Å². The third-order valence-corrected chi connectivity index (χ3v) is 4.29. The second-order valence-electron chi connectivity index (χ2n) is 5.83.